The van der Waals surface area contributed by atoms with Crippen molar-refractivity contribution in [2.24, 2.45) is 0 Å². The summed E-state index contributed by atoms with van der Waals surface area (Å²) in [5.74, 6) is 0.00265. The van der Waals surface area contributed by atoms with Gasteiger partial charge < -0.3 is 10.1 Å². The highest BCUT2D eigenvalue weighted by Gasteiger charge is 2.21. The van der Waals surface area contributed by atoms with Gasteiger partial charge in [0, 0.05) is 11.3 Å². The normalized spacial score (nSPS) is 11.1. The van der Waals surface area contributed by atoms with Crippen molar-refractivity contribution in [3.8, 4) is 5.75 Å². The summed E-state index contributed by atoms with van der Waals surface area (Å²) < 4.78 is 33.5. The molecule has 0 saturated carbocycles. The van der Waals surface area contributed by atoms with E-state index in [1.54, 1.807) is 36.4 Å². The van der Waals surface area contributed by atoms with Crippen LogP contribution in [0.5, 0.6) is 5.75 Å². The molecule has 0 heterocycles. The van der Waals surface area contributed by atoms with E-state index in [-0.39, 0.29) is 15.5 Å². The first-order valence-electron chi connectivity index (χ1n) is 9.05. The summed E-state index contributed by atoms with van der Waals surface area (Å²) in [7, 11) is -2.51. The minimum Gasteiger partial charge on any atom is -0.495 e. The molecule has 1 amide bonds. The molecule has 0 aliphatic carbocycles. The number of nitrogens with one attached hydrogen (secondary N) is 2. The van der Waals surface area contributed by atoms with E-state index in [2.05, 4.69) is 10.0 Å². The van der Waals surface area contributed by atoms with Gasteiger partial charge in [0.1, 0.15) is 10.6 Å². The highest BCUT2D eigenvalue weighted by atomic mass is 35.5. The van der Waals surface area contributed by atoms with Crippen molar-refractivity contribution >= 4 is 38.9 Å². The Labute approximate surface area is 180 Å². The molecular weight excluding hydrogens is 424 g/mol. The molecule has 0 fully saturated rings. The van der Waals surface area contributed by atoms with Gasteiger partial charge in [-0.05, 0) is 67.4 Å². The average molecular weight is 445 g/mol. The van der Waals surface area contributed by atoms with Gasteiger partial charge in [0.05, 0.1) is 17.8 Å². The molecule has 8 heteroatoms. The number of hydrogen-bond donors (Lipinski definition) is 2. The molecule has 3 rings (SSSR count). The van der Waals surface area contributed by atoms with Crippen LogP contribution in [0.15, 0.2) is 65.6 Å². The third-order valence-electron chi connectivity index (χ3n) is 4.60. The maximum absolute atomic E-state index is 12.9. The summed E-state index contributed by atoms with van der Waals surface area (Å²) in [5.41, 5.74) is 3.03. The summed E-state index contributed by atoms with van der Waals surface area (Å²) in [6.45, 7) is 3.83. The number of hydrogen-bond acceptors (Lipinski definition) is 4. The molecule has 156 valence electrons. The quantitative estimate of drug-likeness (QED) is 0.559. The molecule has 3 aromatic rings. The molecule has 0 aliphatic rings. The number of rotatable bonds is 6. The molecule has 0 radical (unpaired) electrons. The molecule has 30 heavy (non-hydrogen) atoms. The molecule has 3 aromatic carbocycles. The molecule has 0 atom stereocenters. The van der Waals surface area contributed by atoms with E-state index in [9.17, 15) is 13.2 Å². The molecule has 0 bridgehead atoms. The fourth-order valence-corrected chi connectivity index (χ4v) is 4.38. The molecule has 6 nitrogen and oxygen atoms in total. The van der Waals surface area contributed by atoms with Gasteiger partial charge in [0.25, 0.3) is 15.9 Å². The lowest BCUT2D eigenvalue weighted by atomic mass is 10.1. The van der Waals surface area contributed by atoms with Crippen LogP contribution in [-0.2, 0) is 10.0 Å². The Morgan fingerprint density at radius 2 is 1.70 bits per heavy atom. The zero-order valence-corrected chi connectivity index (χ0v) is 18.3. The predicted molar refractivity (Wildman–Crippen MR) is 119 cm³/mol. The van der Waals surface area contributed by atoms with Gasteiger partial charge >= 0.3 is 0 Å². The number of aryl methyl sites for hydroxylation is 2. The van der Waals surface area contributed by atoms with Crippen molar-refractivity contribution in [1.82, 2.24) is 0 Å². The summed E-state index contributed by atoms with van der Waals surface area (Å²) in [4.78, 5) is 12.5. The molecule has 0 aromatic heterocycles. The number of amides is 1. The van der Waals surface area contributed by atoms with Crippen LogP contribution in [0.25, 0.3) is 0 Å². The highest BCUT2D eigenvalue weighted by molar-refractivity contribution is 7.92. The van der Waals surface area contributed by atoms with Crippen LogP contribution in [0, 0.1) is 13.8 Å². The van der Waals surface area contributed by atoms with Crippen molar-refractivity contribution in [1.29, 1.82) is 0 Å². The van der Waals surface area contributed by atoms with E-state index >= 15 is 0 Å². The van der Waals surface area contributed by atoms with Crippen LogP contribution in [0.1, 0.15) is 21.5 Å². The average Bonchev–Trinajstić information content (AvgIpc) is 2.71. The van der Waals surface area contributed by atoms with Gasteiger partial charge in [-0.15, -0.1) is 0 Å². The summed E-state index contributed by atoms with van der Waals surface area (Å²) in [6, 6.07) is 16.2. The summed E-state index contributed by atoms with van der Waals surface area (Å²) in [6.07, 6.45) is 0. The van der Waals surface area contributed by atoms with E-state index in [0.717, 1.165) is 11.1 Å². The summed E-state index contributed by atoms with van der Waals surface area (Å²) >= 11 is 6.15. The van der Waals surface area contributed by atoms with Crippen molar-refractivity contribution in [3.05, 3.63) is 82.4 Å². The Kier molecular flexibility index (Phi) is 6.34. The highest BCUT2D eigenvalue weighted by Crippen LogP contribution is 2.28. The van der Waals surface area contributed by atoms with Gasteiger partial charge in [0.15, 0.2) is 0 Å². The second-order valence-electron chi connectivity index (χ2n) is 6.70. The monoisotopic (exact) mass is 444 g/mol. The number of sulfonamides is 1. The molecule has 0 unspecified atom stereocenters. The minimum atomic E-state index is -4.00. The van der Waals surface area contributed by atoms with E-state index in [1.807, 2.05) is 19.9 Å². The summed E-state index contributed by atoms with van der Waals surface area (Å²) in [5, 5.41) is 2.73. The van der Waals surface area contributed by atoms with Crippen LogP contribution in [0.3, 0.4) is 0 Å². The Morgan fingerprint density at radius 3 is 2.40 bits per heavy atom. The third kappa shape index (κ3) is 4.75. The van der Waals surface area contributed by atoms with Gasteiger partial charge in [-0.2, -0.15) is 0 Å². The van der Waals surface area contributed by atoms with Crippen LogP contribution >= 0.6 is 11.6 Å². The Morgan fingerprint density at radius 1 is 0.967 bits per heavy atom. The number of benzene rings is 3. The van der Waals surface area contributed by atoms with Crippen LogP contribution in [-0.4, -0.2) is 21.4 Å². The SMILES string of the molecule is COc1ccccc1NC(=O)c1ccc(Cl)c(S(=O)(=O)Nc2ccc(C)c(C)c2)c1. The van der Waals surface area contributed by atoms with Crippen LogP contribution in [0.2, 0.25) is 5.02 Å². The largest absolute Gasteiger partial charge is 0.495 e. The molecule has 0 aliphatic heterocycles. The van der Waals surface area contributed by atoms with E-state index < -0.39 is 15.9 Å². The molecule has 2 N–H and O–H groups in total. The Hall–Kier alpha value is -3.03. The maximum Gasteiger partial charge on any atom is 0.263 e. The maximum atomic E-state index is 12.9. The zero-order valence-electron chi connectivity index (χ0n) is 16.7. The first kappa shape index (κ1) is 21.7. The first-order chi connectivity index (χ1) is 14.2. The minimum absolute atomic E-state index is 0.0141. The van der Waals surface area contributed by atoms with Crippen LogP contribution in [0.4, 0.5) is 11.4 Å². The van der Waals surface area contributed by atoms with Gasteiger partial charge in [-0.25, -0.2) is 8.42 Å². The second-order valence-corrected chi connectivity index (χ2v) is 8.76. The van der Waals surface area contributed by atoms with Gasteiger partial charge in [-0.3, -0.25) is 9.52 Å². The van der Waals surface area contributed by atoms with Gasteiger partial charge in [0.2, 0.25) is 0 Å². The van der Waals surface area contributed by atoms with Crippen molar-refractivity contribution in [2.45, 2.75) is 18.7 Å². The zero-order chi connectivity index (χ0) is 21.9. The first-order valence-corrected chi connectivity index (χ1v) is 10.9. The molecule has 0 saturated heterocycles. The van der Waals surface area contributed by atoms with E-state index in [4.69, 9.17) is 16.3 Å². The van der Waals surface area contributed by atoms with Crippen molar-refractivity contribution < 1.29 is 17.9 Å². The lowest BCUT2D eigenvalue weighted by Gasteiger charge is -2.13. The smallest absolute Gasteiger partial charge is 0.263 e. The standard InChI is InChI=1S/C22H21ClN2O4S/c1-14-8-10-17(12-15(14)2)25-30(27,28)21-13-16(9-11-18(21)23)22(26)24-19-6-4-5-7-20(19)29-3/h4-13,25H,1-3H3,(H,24,26). The third-order valence-corrected chi connectivity index (χ3v) is 6.46. The number of carbonyl (C=O) groups is 1. The number of carbonyl (C=O) groups excluding carboxylic acids is 1. The number of ether oxygens (including phenoxy) is 1. The van der Waals surface area contributed by atoms with Crippen molar-refractivity contribution in [3.63, 3.8) is 0 Å². The fraction of sp³-hybridized carbons (Fsp3) is 0.136. The fourth-order valence-electron chi connectivity index (χ4n) is 2.81. The number of halogens is 1. The van der Waals surface area contributed by atoms with Crippen LogP contribution < -0.4 is 14.8 Å². The second kappa shape index (κ2) is 8.77. The molecule has 0 spiro atoms. The number of anilines is 2. The van der Waals surface area contributed by atoms with Crippen molar-refractivity contribution in [2.75, 3.05) is 17.1 Å². The Balaban J connectivity index is 1.90. The topological polar surface area (TPSA) is 84.5 Å². The lowest BCUT2D eigenvalue weighted by Crippen LogP contribution is -2.17. The number of para-hydroxylation sites is 2. The Bertz CT molecular complexity index is 1210. The number of methoxy groups -OCH3 is 1. The predicted octanol–water partition coefficient (Wildman–Crippen LogP) is 5.02. The van der Waals surface area contributed by atoms with E-state index in [0.29, 0.717) is 17.1 Å². The molecular formula is C22H21ClN2O4S. The van der Waals surface area contributed by atoms with Gasteiger partial charge in [-0.1, -0.05) is 29.8 Å². The van der Waals surface area contributed by atoms with E-state index in [1.165, 1.54) is 25.3 Å². The lowest BCUT2D eigenvalue weighted by molar-refractivity contribution is 0.102.